The van der Waals surface area contributed by atoms with Gasteiger partial charge in [0.1, 0.15) is 5.82 Å². The Morgan fingerprint density at radius 2 is 2.38 bits per heavy atom. The van der Waals surface area contributed by atoms with Gasteiger partial charge in [0.2, 0.25) is 0 Å². The Kier molecular flexibility index (Phi) is 2.36. The molecule has 1 aromatic heterocycles. The minimum absolute atomic E-state index is 0.728. The molecule has 1 aromatic rings. The summed E-state index contributed by atoms with van der Waals surface area (Å²) in [6.07, 6.45) is 6.48. The second-order valence-corrected chi connectivity index (χ2v) is 4.11. The Labute approximate surface area is 79.2 Å². The van der Waals surface area contributed by atoms with Crippen molar-refractivity contribution in [3.05, 3.63) is 18.2 Å². The van der Waals surface area contributed by atoms with Gasteiger partial charge in [-0.1, -0.05) is 6.92 Å². The van der Waals surface area contributed by atoms with E-state index in [4.69, 9.17) is 0 Å². The maximum absolute atomic E-state index is 4.27. The second-order valence-electron chi connectivity index (χ2n) is 4.11. The van der Waals surface area contributed by atoms with Crippen LogP contribution < -0.4 is 5.32 Å². The summed E-state index contributed by atoms with van der Waals surface area (Å²) in [6.45, 7) is 3.21. The third-order valence-corrected chi connectivity index (χ3v) is 2.84. The lowest BCUT2D eigenvalue weighted by atomic mass is 9.82. The highest BCUT2D eigenvalue weighted by molar-refractivity contribution is 4.92. The highest BCUT2D eigenvalue weighted by Crippen LogP contribution is 2.26. The fourth-order valence-electron chi connectivity index (χ4n) is 1.87. The van der Waals surface area contributed by atoms with Crippen LogP contribution in [0.4, 0.5) is 0 Å². The summed E-state index contributed by atoms with van der Waals surface area (Å²) in [6, 6.07) is 0.728. The largest absolute Gasteiger partial charge is 0.337 e. The first-order valence-corrected chi connectivity index (χ1v) is 4.95. The van der Waals surface area contributed by atoms with E-state index in [1.807, 2.05) is 19.4 Å². The molecule has 1 aliphatic carbocycles. The normalized spacial score (nSPS) is 27.2. The maximum atomic E-state index is 4.27. The highest BCUT2D eigenvalue weighted by atomic mass is 15.1. The summed E-state index contributed by atoms with van der Waals surface area (Å²) in [5, 5.41) is 3.51. The molecule has 0 aromatic carbocycles. The van der Waals surface area contributed by atoms with E-state index in [9.17, 15) is 0 Å². The molecule has 0 unspecified atom stereocenters. The van der Waals surface area contributed by atoms with Gasteiger partial charge in [0.25, 0.3) is 0 Å². The van der Waals surface area contributed by atoms with Crippen molar-refractivity contribution in [2.24, 2.45) is 13.0 Å². The first-order valence-electron chi connectivity index (χ1n) is 4.95. The molecule has 72 valence electrons. The van der Waals surface area contributed by atoms with Gasteiger partial charge in [0, 0.05) is 25.5 Å². The predicted molar refractivity (Wildman–Crippen MR) is 52.2 cm³/mol. The smallest absolute Gasteiger partial charge is 0.122 e. The molecule has 0 bridgehead atoms. The molecule has 1 N–H and O–H groups in total. The van der Waals surface area contributed by atoms with Crippen molar-refractivity contribution in [2.75, 3.05) is 0 Å². The van der Waals surface area contributed by atoms with Crippen LogP contribution in [0.3, 0.4) is 0 Å². The fourth-order valence-corrected chi connectivity index (χ4v) is 1.87. The van der Waals surface area contributed by atoms with Gasteiger partial charge in [-0.05, 0) is 18.8 Å². The molecule has 0 aliphatic heterocycles. The van der Waals surface area contributed by atoms with Crippen molar-refractivity contribution in [3.8, 4) is 0 Å². The highest BCUT2D eigenvalue weighted by Gasteiger charge is 2.24. The Bertz CT molecular complexity index is 273. The Hall–Kier alpha value is -0.830. The molecule has 3 nitrogen and oxygen atoms in total. The van der Waals surface area contributed by atoms with Crippen LogP contribution in [-0.4, -0.2) is 15.6 Å². The van der Waals surface area contributed by atoms with Crippen molar-refractivity contribution in [1.82, 2.24) is 14.9 Å². The van der Waals surface area contributed by atoms with Gasteiger partial charge in [-0.2, -0.15) is 0 Å². The fraction of sp³-hybridized carbons (Fsp3) is 0.700. The van der Waals surface area contributed by atoms with Gasteiger partial charge in [-0.25, -0.2) is 4.98 Å². The van der Waals surface area contributed by atoms with Crippen LogP contribution in [0, 0.1) is 5.92 Å². The van der Waals surface area contributed by atoms with Gasteiger partial charge < -0.3 is 9.88 Å². The quantitative estimate of drug-likeness (QED) is 0.758. The maximum Gasteiger partial charge on any atom is 0.122 e. The number of hydrogen-bond donors (Lipinski definition) is 1. The topological polar surface area (TPSA) is 29.9 Å². The summed E-state index contributed by atoms with van der Waals surface area (Å²) < 4.78 is 2.06. The minimum atomic E-state index is 0.728. The lowest BCUT2D eigenvalue weighted by Gasteiger charge is -2.33. The zero-order valence-corrected chi connectivity index (χ0v) is 8.33. The van der Waals surface area contributed by atoms with Crippen LogP contribution in [0.2, 0.25) is 0 Å². The molecule has 1 heterocycles. The molecule has 13 heavy (non-hydrogen) atoms. The van der Waals surface area contributed by atoms with Crippen molar-refractivity contribution < 1.29 is 0 Å². The molecule has 0 saturated heterocycles. The number of aryl methyl sites for hydroxylation is 1. The van der Waals surface area contributed by atoms with Crippen LogP contribution in [0.25, 0.3) is 0 Å². The number of nitrogens with zero attached hydrogens (tertiary/aromatic N) is 2. The SMILES string of the molecule is CC1CC(NCc2nccn2C)C1. The minimum Gasteiger partial charge on any atom is -0.337 e. The average Bonchev–Trinajstić information content (AvgIpc) is 2.43. The van der Waals surface area contributed by atoms with Crippen LogP contribution in [0.1, 0.15) is 25.6 Å². The summed E-state index contributed by atoms with van der Waals surface area (Å²) in [5.41, 5.74) is 0. The molecular formula is C10H17N3. The molecule has 1 saturated carbocycles. The van der Waals surface area contributed by atoms with Gasteiger partial charge >= 0.3 is 0 Å². The van der Waals surface area contributed by atoms with E-state index in [2.05, 4.69) is 21.8 Å². The van der Waals surface area contributed by atoms with Gasteiger partial charge in [0.05, 0.1) is 6.54 Å². The van der Waals surface area contributed by atoms with Gasteiger partial charge in [-0.15, -0.1) is 0 Å². The second kappa shape index (κ2) is 3.50. The lowest BCUT2D eigenvalue weighted by Crippen LogP contribution is -2.40. The van der Waals surface area contributed by atoms with Crippen LogP contribution in [0.15, 0.2) is 12.4 Å². The molecule has 0 amide bonds. The lowest BCUT2D eigenvalue weighted by molar-refractivity contribution is 0.238. The molecule has 0 atom stereocenters. The number of hydrogen-bond acceptors (Lipinski definition) is 2. The third kappa shape index (κ3) is 1.91. The average molecular weight is 179 g/mol. The van der Waals surface area contributed by atoms with E-state index in [-0.39, 0.29) is 0 Å². The summed E-state index contributed by atoms with van der Waals surface area (Å²) in [7, 11) is 2.04. The van der Waals surface area contributed by atoms with E-state index in [1.165, 1.54) is 12.8 Å². The van der Waals surface area contributed by atoms with Crippen LogP contribution in [0.5, 0.6) is 0 Å². The molecular weight excluding hydrogens is 162 g/mol. The number of aromatic nitrogens is 2. The van der Waals surface area contributed by atoms with Gasteiger partial charge in [-0.3, -0.25) is 0 Å². The van der Waals surface area contributed by atoms with E-state index >= 15 is 0 Å². The molecule has 2 rings (SSSR count). The molecule has 3 heteroatoms. The zero-order valence-electron chi connectivity index (χ0n) is 8.33. The predicted octanol–water partition coefficient (Wildman–Crippen LogP) is 1.31. The number of imidazole rings is 1. The third-order valence-electron chi connectivity index (χ3n) is 2.84. The Morgan fingerprint density at radius 1 is 1.62 bits per heavy atom. The number of nitrogens with one attached hydrogen (secondary N) is 1. The molecule has 1 fully saturated rings. The van der Waals surface area contributed by atoms with E-state index in [0.717, 1.165) is 24.3 Å². The Morgan fingerprint density at radius 3 is 2.92 bits per heavy atom. The monoisotopic (exact) mass is 179 g/mol. The van der Waals surface area contributed by atoms with Gasteiger partial charge in [0.15, 0.2) is 0 Å². The first kappa shape index (κ1) is 8.75. The van der Waals surface area contributed by atoms with Crippen LogP contribution >= 0.6 is 0 Å². The molecule has 0 spiro atoms. The van der Waals surface area contributed by atoms with Crippen molar-refractivity contribution in [3.63, 3.8) is 0 Å². The first-order chi connectivity index (χ1) is 6.25. The Balaban J connectivity index is 1.77. The zero-order chi connectivity index (χ0) is 9.26. The van der Waals surface area contributed by atoms with Crippen LogP contribution in [-0.2, 0) is 13.6 Å². The summed E-state index contributed by atoms with van der Waals surface area (Å²) in [5.74, 6) is 2.04. The summed E-state index contributed by atoms with van der Waals surface area (Å²) in [4.78, 5) is 4.27. The van der Waals surface area contributed by atoms with E-state index in [0.29, 0.717) is 0 Å². The van der Waals surface area contributed by atoms with Crippen molar-refractivity contribution >= 4 is 0 Å². The standard InChI is InChI=1S/C10H17N3/c1-8-5-9(6-8)12-7-10-11-3-4-13(10)2/h3-4,8-9,12H,5-7H2,1-2H3. The summed E-state index contributed by atoms with van der Waals surface area (Å²) >= 11 is 0. The van der Waals surface area contributed by atoms with Crippen molar-refractivity contribution in [2.45, 2.75) is 32.4 Å². The van der Waals surface area contributed by atoms with E-state index < -0.39 is 0 Å². The van der Waals surface area contributed by atoms with E-state index in [1.54, 1.807) is 0 Å². The molecule has 0 radical (unpaired) electrons. The van der Waals surface area contributed by atoms with Crippen molar-refractivity contribution in [1.29, 1.82) is 0 Å². The molecule has 1 aliphatic rings. The number of rotatable bonds is 3.